The van der Waals surface area contributed by atoms with Crippen LogP contribution in [-0.4, -0.2) is 42.6 Å². The third kappa shape index (κ3) is 4.83. The molecule has 0 bridgehead atoms. The third-order valence-corrected chi connectivity index (χ3v) is 6.53. The van der Waals surface area contributed by atoms with E-state index in [2.05, 4.69) is 0 Å². The van der Waals surface area contributed by atoms with Crippen LogP contribution in [0, 0.1) is 17.3 Å². The van der Waals surface area contributed by atoms with E-state index in [-0.39, 0.29) is 18.8 Å². The van der Waals surface area contributed by atoms with E-state index in [1.807, 2.05) is 0 Å². The Balaban J connectivity index is 3.08. The SMILES string of the molecule is C[C@H](CC(=O)N1C(=O)C(C)(C)[C@@H](O)[C@H]1C[C@H](C)C(Cl)(Cl)Cl)C(Cl)Cl. The fourth-order valence-electron chi connectivity index (χ4n) is 2.70. The molecule has 0 aliphatic carbocycles. The molecule has 1 N–H and O–H groups in total. The van der Waals surface area contributed by atoms with Crippen LogP contribution in [0.2, 0.25) is 0 Å². The maximum atomic E-state index is 12.7. The van der Waals surface area contributed by atoms with Crippen LogP contribution in [0.1, 0.15) is 40.5 Å². The minimum absolute atomic E-state index is 0.00907. The average molecular weight is 442 g/mol. The lowest BCUT2D eigenvalue weighted by atomic mass is 9.84. The molecule has 0 aromatic carbocycles. The maximum Gasteiger partial charge on any atom is 0.237 e. The molecule has 0 aromatic rings. The van der Waals surface area contributed by atoms with Gasteiger partial charge in [-0.1, -0.05) is 48.7 Å². The molecule has 0 unspecified atom stereocenters. The van der Waals surface area contributed by atoms with Crippen molar-refractivity contribution in [3.8, 4) is 0 Å². The van der Waals surface area contributed by atoms with Gasteiger partial charge in [-0.2, -0.15) is 0 Å². The van der Waals surface area contributed by atoms with Crippen LogP contribution in [-0.2, 0) is 9.59 Å². The molecule has 1 fully saturated rings. The molecule has 9 heteroatoms. The van der Waals surface area contributed by atoms with Crippen LogP contribution in [0.3, 0.4) is 0 Å². The zero-order valence-corrected chi connectivity index (χ0v) is 17.7. The summed E-state index contributed by atoms with van der Waals surface area (Å²) in [5.74, 6) is -1.69. The van der Waals surface area contributed by atoms with Crippen LogP contribution in [0.15, 0.2) is 0 Å². The van der Waals surface area contributed by atoms with Crippen LogP contribution < -0.4 is 0 Å². The zero-order valence-electron chi connectivity index (χ0n) is 13.9. The van der Waals surface area contributed by atoms with Crippen molar-refractivity contribution < 1.29 is 14.7 Å². The third-order valence-electron chi connectivity index (χ3n) is 4.55. The number of halogens is 5. The van der Waals surface area contributed by atoms with Gasteiger partial charge in [0.15, 0.2) is 3.79 Å². The van der Waals surface area contributed by atoms with Gasteiger partial charge in [0.05, 0.1) is 17.6 Å². The van der Waals surface area contributed by atoms with Crippen LogP contribution in [0.4, 0.5) is 0 Å². The highest BCUT2D eigenvalue weighted by atomic mass is 35.6. The quantitative estimate of drug-likeness (QED) is 0.646. The van der Waals surface area contributed by atoms with E-state index in [0.717, 1.165) is 4.90 Å². The topological polar surface area (TPSA) is 57.6 Å². The molecule has 1 rings (SSSR count). The Bertz CT molecular complexity index is 492. The van der Waals surface area contributed by atoms with Gasteiger partial charge in [-0.15, -0.1) is 23.2 Å². The standard InChI is InChI=1S/C15H22Cl5NO3/c1-7(12(16)17)5-10(22)21-9(6-8(2)15(18,19)20)11(23)14(3,4)13(21)24/h7-9,11-12,23H,5-6H2,1-4H3/t7-,8+,9-,11+/m1/s1. The minimum atomic E-state index is -1.56. The number of aliphatic hydroxyl groups excluding tert-OH is 1. The van der Waals surface area contributed by atoms with Crippen molar-refractivity contribution in [1.29, 1.82) is 0 Å². The van der Waals surface area contributed by atoms with Crippen molar-refractivity contribution in [1.82, 2.24) is 4.90 Å². The Labute approximate surface area is 167 Å². The van der Waals surface area contributed by atoms with Crippen molar-refractivity contribution in [3.63, 3.8) is 0 Å². The molecule has 0 aromatic heterocycles. The van der Waals surface area contributed by atoms with Crippen LogP contribution in [0.25, 0.3) is 0 Å². The van der Waals surface area contributed by atoms with E-state index in [0.29, 0.717) is 0 Å². The molecular weight excluding hydrogens is 419 g/mol. The number of carbonyl (C=O) groups is 2. The van der Waals surface area contributed by atoms with Crippen LogP contribution in [0.5, 0.6) is 0 Å². The molecule has 0 saturated carbocycles. The molecule has 4 atom stereocenters. The molecule has 1 saturated heterocycles. The molecule has 2 amide bonds. The molecule has 1 heterocycles. The molecule has 140 valence electrons. The summed E-state index contributed by atoms with van der Waals surface area (Å²) in [5.41, 5.74) is -1.10. The van der Waals surface area contributed by atoms with Crippen molar-refractivity contribution in [2.24, 2.45) is 17.3 Å². The average Bonchev–Trinajstić information content (AvgIpc) is 2.58. The second-order valence-electron chi connectivity index (χ2n) is 7.00. The second-order valence-corrected chi connectivity index (χ2v) is 10.5. The Morgan fingerprint density at radius 1 is 1.29 bits per heavy atom. The molecule has 4 nitrogen and oxygen atoms in total. The predicted octanol–water partition coefficient (Wildman–Crippen LogP) is 4.34. The summed E-state index contributed by atoms with van der Waals surface area (Å²) in [5, 5.41) is 10.6. The van der Waals surface area contributed by atoms with E-state index in [1.165, 1.54) is 0 Å². The Morgan fingerprint density at radius 2 is 1.79 bits per heavy atom. The smallest absolute Gasteiger partial charge is 0.237 e. The van der Waals surface area contributed by atoms with Crippen molar-refractivity contribution in [2.45, 2.75) is 61.3 Å². The highest BCUT2D eigenvalue weighted by Gasteiger charge is 2.56. The number of imide groups is 1. The predicted molar refractivity (Wildman–Crippen MR) is 98.8 cm³/mol. The maximum absolute atomic E-state index is 12.7. The van der Waals surface area contributed by atoms with E-state index >= 15 is 0 Å². The molecule has 24 heavy (non-hydrogen) atoms. The fraction of sp³-hybridized carbons (Fsp3) is 0.867. The van der Waals surface area contributed by atoms with E-state index in [1.54, 1.807) is 27.7 Å². The monoisotopic (exact) mass is 439 g/mol. The normalized spacial score (nSPS) is 26.8. The summed E-state index contributed by atoms with van der Waals surface area (Å²) in [6.07, 6.45) is -0.884. The molecular formula is C15H22Cl5NO3. The Morgan fingerprint density at radius 3 is 2.21 bits per heavy atom. The van der Waals surface area contributed by atoms with Gasteiger partial charge < -0.3 is 5.11 Å². The molecule has 0 spiro atoms. The lowest BCUT2D eigenvalue weighted by Crippen LogP contribution is -2.44. The number of carbonyl (C=O) groups excluding carboxylic acids is 2. The van der Waals surface area contributed by atoms with Gasteiger partial charge in [0, 0.05) is 12.3 Å². The van der Waals surface area contributed by atoms with Gasteiger partial charge >= 0.3 is 0 Å². The molecule has 0 radical (unpaired) electrons. The first-order valence-electron chi connectivity index (χ1n) is 7.60. The number of hydrogen-bond donors (Lipinski definition) is 1. The van der Waals surface area contributed by atoms with E-state index in [4.69, 9.17) is 58.0 Å². The summed E-state index contributed by atoms with van der Waals surface area (Å²) in [7, 11) is 0. The lowest BCUT2D eigenvalue weighted by molar-refractivity contribution is -0.147. The first-order valence-corrected chi connectivity index (χ1v) is 9.61. The number of rotatable bonds is 5. The highest BCUT2D eigenvalue weighted by molar-refractivity contribution is 6.67. The van der Waals surface area contributed by atoms with Gasteiger partial charge in [0.2, 0.25) is 11.8 Å². The Hall–Kier alpha value is 0.550. The number of hydrogen-bond acceptors (Lipinski definition) is 3. The number of alkyl halides is 5. The summed E-state index contributed by atoms with van der Waals surface area (Å²) in [6.45, 7) is 6.59. The first-order chi connectivity index (χ1) is 10.7. The number of aliphatic hydroxyl groups is 1. The molecule has 1 aliphatic rings. The van der Waals surface area contributed by atoms with Crippen molar-refractivity contribution >= 4 is 69.8 Å². The number of nitrogens with zero attached hydrogens (tertiary/aromatic N) is 1. The Kier molecular flexibility index (Phi) is 7.58. The molecule has 1 aliphatic heterocycles. The van der Waals surface area contributed by atoms with Gasteiger partial charge in [-0.3, -0.25) is 14.5 Å². The summed E-state index contributed by atoms with van der Waals surface area (Å²) in [4.78, 5) is 25.6. The fourth-order valence-corrected chi connectivity index (χ4v) is 3.15. The highest BCUT2D eigenvalue weighted by Crippen LogP contribution is 2.43. The van der Waals surface area contributed by atoms with Gasteiger partial charge in [0.1, 0.15) is 4.84 Å². The zero-order chi connectivity index (χ0) is 19.0. The number of amides is 2. The van der Waals surface area contributed by atoms with E-state index in [9.17, 15) is 14.7 Å². The largest absolute Gasteiger partial charge is 0.390 e. The van der Waals surface area contributed by atoms with E-state index < -0.39 is 43.9 Å². The van der Waals surface area contributed by atoms with Gasteiger partial charge in [-0.25, -0.2) is 0 Å². The second kappa shape index (κ2) is 8.06. The van der Waals surface area contributed by atoms with Gasteiger partial charge in [-0.05, 0) is 26.2 Å². The minimum Gasteiger partial charge on any atom is -0.390 e. The summed E-state index contributed by atoms with van der Waals surface area (Å²) in [6, 6.07) is -0.762. The summed E-state index contributed by atoms with van der Waals surface area (Å²) >= 11 is 29.3. The van der Waals surface area contributed by atoms with Gasteiger partial charge in [0.25, 0.3) is 0 Å². The van der Waals surface area contributed by atoms with Crippen LogP contribution >= 0.6 is 58.0 Å². The number of likely N-dealkylation sites (tertiary alicyclic amines) is 1. The van der Waals surface area contributed by atoms with Crippen molar-refractivity contribution in [2.75, 3.05) is 0 Å². The first kappa shape index (κ1) is 22.6. The van der Waals surface area contributed by atoms with Crippen molar-refractivity contribution in [3.05, 3.63) is 0 Å². The summed E-state index contributed by atoms with van der Waals surface area (Å²) < 4.78 is -1.56. The lowest BCUT2D eigenvalue weighted by Gasteiger charge is -2.30.